The van der Waals surface area contributed by atoms with Crippen molar-refractivity contribution in [1.82, 2.24) is 20.6 Å². The summed E-state index contributed by atoms with van der Waals surface area (Å²) in [7, 11) is 7.50. The van der Waals surface area contributed by atoms with Gasteiger partial charge in [0, 0.05) is 51.6 Å². The number of aliphatic imine (C=N–C) groups is 1. The summed E-state index contributed by atoms with van der Waals surface area (Å²) < 4.78 is 5.02. The third-order valence-electron chi connectivity index (χ3n) is 4.12. The van der Waals surface area contributed by atoms with Gasteiger partial charge in [0.25, 0.3) is 0 Å². The maximum Gasteiger partial charge on any atom is 0.319 e. The predicted molar refractivity (Wildman–Crippen MR) is 99.8 cm³/mol. The topological polar surface area (TPSA) is 78.4 Å². The smallest absolute Gasteiger partial charge is 0.319 e. The van der Waals surface area contributed by atoms with Crippen molar-refractivity contribution in [3.8, 4) is 0 Å². The Morgan fingerprint density at radius 3 is 2.72 bits per heavy atom. The van der Waals surface area contributed by atoms with Crippen molar-refractivity contribution >= 4 is 11.7 Å². The van der Waals surface area contributed by atoms with Crippen LogP contribution in [0.5, 0.6) is 0 Å². The summed E-state index contributed by atoms with van der Waals surface area (Å²) in [5.74, 6) is 0. The van der Waals surface area contributed by atoms with E-state index in [2.05, 4.69) is 20.5 Å². The first kappa shape index (κ1) is 21.6. The quantitative estimate of drug-likeness (QED) is 0.600. The van der Waals surface area contributed by atoms with E-state index in [1.165, 1.54) is 0 Å². The fraction of sp³-hybridized carbons (Fsp3) is 0.765. The fourth-order valence-electron chi connectivity index (χ4n) is 2.48. The molecule has 0 bridgehead atoms. The highest BCUT2D eigenvalue weighted by atomic mass is 16.7. The molecule has 1 atom stereocenters. The second-order valence-electron chi connectivity index (χ2n) is 6.45. The van der Waals surface area contributed by atoms with Crippen LogP contribution in [0.2, 0.25) is 0 Å². The molecule has 25 heavy (non-hydrogen) atoms. The molecule has 8 heteroatoms. The van der Waals surface area contributed by atoms with E-state index in [1.807, 2.05) is 33.0 Å². The molecule has 0 aromatic rings. The van der Waals surface area contributed by atoms with Crippen molar-refractivity contribution in [3.05, 3.63) is 11.3 Å². The highest BCUT2D eigenvalue weighted by molar-refractivity contribution is 6.00. The van der Waals surface area contributed by atoms with Gasteiger partial charge in [0.1, 0.15) is 0 Å². The molecule has 2 amide bonds. The minimum Gasteiger partial charge on any atom is -0.383 e. The summed E-state index contributed by atoms with van der Waals surface area (Å²) in [5, 5.41) is 7.65. The van der Waals surface area contributed by atoms with E-state index >= 15 is 0 Å². The second kappa shape index (κ2) is 11.2. The molecule has 144 valence electrons. The second-order valence-corrected chi connectivity index (χ2v) is 6.45. The van der Waals surface area contributed by atoms with E-state index in [4.69, 9.17) is 9.57 Å². The van der Waals surface area contributed by atoms with Crippen LogP contribution >= 0.6 is 0 Å². The number of amides is 2. The first-order valence-electron chi connectivity index (χ1n) is 8.59. The minimum atomic E-state index is -0.220. The van der Waals surface area contributed by atoms with Gasteiger partial charge in [-0.25, -0.2) is 4.79 Å². The van der Waals surface area contributed by atoms with Crippen LogP contribution in [0.1, 0.15) is 20.3 Å². The Hall–Kier alpha value is -1.48. The lowest BCUT2D eigenvalue weighted by atomic mass is 10.1. The fourth-order valence-corrected chi connectivity index (χ4v) is 2.48. The average molecular weight is 355 g/mol. The molecule has 0 saturated carbocycles. The van der Waals surface area contributed by atoms with Crippen LogP contribution in [0.25, 0.3) is 0 Å². The number of hydroxylamine groups is 2. The molecule has 0 spiro atoms. The molecule has 0 aliphatic carbocycles. The Labute approximate surface area is 151 Å². The molecule has 1 fully saturated rings. The summed E-state index contributed by atoms with van der Waals surface area (Å²) in [6.07, 6.45) is 0.848. The lowest BCUT2D eigenvalue weighted by Gasteiger charge is -2.16. The summed E-state index contributed by atoms with van der Waals surface area (Å²) >= 11 is 0. The molecule has 0 aromatic carbocycles. The van der Waals surface area contributed by atoms with Gasteiger partial charge in [-0.3, -0.25) is 9.83 Å². The third kappa shape index (κ3) is 7.96. The summed E-state index contributed by atoms with van der Waals surface area (Å²) in [6, 6.07) is -0.250. The molecule has 0 aromatic heterocycles. The number of hydrogen-bond donors (Lipinski definition) is 2. The molecule has 2 N–H and O–H groups in total. The number of nitrogens with one attached hydrogen (secondary N) is 2. The molecule has 1 aliphatic rings. The van der Waals surface area contributed by atoms with Crippen molar-refractivity contribution in [2.75, 3.05) is 61.1 Å². The molecule has 1 saturated heterocycles. The van der Waals surface area contributed by atoms with E-state index < -0.39 is 0 Å². The van der Waals surface area contributed by atoms with E-state index in [-0.39, 0.29) is 12.1 Å². The number of methoxy groups -OCH3 is 1. The molecule has 1 heterocycles. The Kier molecular flexibility index (Phi) is 9.66. The Morgan fingerprint density at radius 1 is 1.40 bits per heavy atom. The lowest BCUT2D eigenvalue weighted by molar-refractivity contribution is -0.118. The van der Waals surface area contributed by atoms with Crippen LogP contribution in [0.4, 0.5) is 4.79 Å². The number of rotatable bonds is 9. The zero-order valence-corrected chi connectivity index (χ0v) is 16.4. The van der Waals surface area contributed by atoms with Gasteiger partial charge >= 0.3 is 6.03 Å². The summed E-state index contributed by atoms with van der Waals surface area (Å²) in [6.45, 7) is 7.22. The number of hydrogen-bond acceptors (Lipinski definition) is 6. The van der Waals surface area contributed by atoms with E-state index in [0.717, 1.165) is 29.9 Å². The first-order chi connectivity index (χ1) is 11.9. The van der Waals surface area contributed by atoms with Crippen LogP contribution in [-0.2, 0) is 9.57 Å². The lowest BCUT2D eigenvalue weighted by Crippen LogP contribution is -2.44. The van der Waals surface area contributed by atoms with Gasteiger partial charge in [-0.2, -0.15) is 5.06 Å². The zero-order valence-electron chi connectivity index (χ0n) is 16.4. The summed E-state index contributed by atoms with van der Waals surface area (Å²) in [5.41, 5.74) is 2.82. The third-order valence-corrected chi connectivity index (χ3v) is 4.12. The van der Waals surface area contributed by atoms with Gasteiger partial charge in [0.05, 0.1) is 19.3 Å². The zero-order chi connectivity index (χ0) is 18.8. The average Bonchev–Trinajstić information content (AvgIpc) is 3.00. The monoisotopic (exact) mass is 355 g/mol. The molecule has 0 radical (unpaired) electrons. The normalized spacial score (nSPS) is 20.0. The van der Waals surface area contributed by atoms with E-state index in [1.54, 1.807) is 14.2 Å². The summed E-state index contributed by atoms with van der Waals surface area (Å²) in [4.78, 5) is 24.2. The van der Waals surface area contributed by atoms with Crippen molar-refractivity contribution in [2.24, 2.45) is 4.99 Å². The number of urea groups is 1. The van der Waals surface area contributed by atoms with Crippen LogP contribution in [-0.4, -0.2) is 88.8 Å². The maximum absolute atomic E-state index is 12.2. The molecular weight excluding hydrogens is 322 g/mol. The number of ether oxygens (including phenoxy) is 1. The highest BCUT2D eigenvalue weighted by Gasteiger charge is 2.24. The Morgan fingerprint density at radius 2 is 2.12 bits per heavy atom. The van der Waals surface area contributed by atoms with Crippen molar-refractivity contribution in [2.45, 2.75) is 26.3 Å². The number of carbonyl (C=O) groups excluding carboxylic acids is 1. The van der Waals surface area contributed by atoms with Gasteiger partial charge in [0.15, 0.2) is 0 Å². The van der Waals surface area contributed by atoms with Gasteiger partial charge in [-0.15, -0.1) is 0 Å². The number of allylic oxidation sites excluding steroid dienone is 2. The molecule has 8 nitrogen and oxygen atoms in total. The molecular formula is C17H33N5O3. The van der Waals surface area contributed by atoms with Gasteiger partial charge < -0.3 is 20.3 Å². The van der Waals surface area contributed by atoms with Crippen molar-refractivity contribution < 1.29 is 14.4 Å². The van der Waals surface area contributed by atoms with E-state index in [9.17, 15) is 4.79 Å². The first-order valence-corrected chi connectivity index (χ1v) is 8.59. The standard InChI is InChI=1S/C17H33N5O3/c1-13(16(18-3)7-8-21(4)5)14(2)19-17(23)20-15-11-22(25-12-15)9-10-24-6/h15H,7-12H2,1-6H3,(H2,19,20,23)/b14-13+,18-16?/t15-/m1/s1. The van der Waals surface area contributed by atoms with Crippen molar-refractivity contribution in [3.63, 3.8) is 0 Å². The molecule has 0 unspecified atom stereocenters. The van der Waals surface area contributed by atoms with Crippen LogP contribution < -0.4 is 10.6 Å². The highest BCUT2D eigenvalue weighted by Crippen LogP contribution is 2.08. The Bertz CT molecular complexity index is 491. The predicted octanol–water partition coefficient (Wildman–Crippen LogP) is 0.864. The van der Waals surface area contributed by atoms with Crippen LogP contribution in [0, 0.1) is 0 Å². The number of carbonyl (C=O) groups is 1. The van der Waals surface area contributed by atoms with Crippen molar-refractivity contribution in [1.29, 1.82) is 0 Å². The Balaban J connectivity index is 2.49. The molecule has 1 aliphatic heterocycles. The minimum absolute atomic E-state index is 0.0296. The van der Waals surface area contributed by atoms with Gasteiger partial charge in [0.2, 0.25) is 0 Å². The maximum atomic E-state index is 12.2. The van der Waals surface area contributed by atoms with E-state index in [0.29, 0.717) is 26.3 Å². The number of nitrogens with zero attached hydrogens (tertiary/aromatic N) is 3. The van der Waals surface area contributed by atoms with Crippen LogP contribution in [0.3, 0.4) is 0 Å². The molecule has 1 rings (SSSR count). The van der Waals surface area contributed by atoms with Gasteiger partial charge in [-0.1, -0.05) is 0 Å². The largest absolute Gasteiger partial charge is 0.383 e. The van der Waals surface area contributed by atoms with Crippen LogP contribution in [0.15, 0.2) is 16.3 Å². The SMILES string of the molecule is CN=C(CCN(C)C)/C(C)=C(\C)NC(=O)N[C@H]1CON(CCOC)C1. The van der Waals surface area contributed by atoms with Gasteiger partial charge in [-0.05, 0) is 33.5 Å².